The van der Waals surface area contributed by atoms with Crippen LogP contribution < -0.4 is 9.88 Å². The van der Waals surface area contributed by atoms with Crippen LogP contribution in [0.3, 0.4) is 0 Å². The van der Waals surface area contributed by atoms with E-state index in [0.29, 0.717) is 5.56 Å². The number of rotatable bonds is 10. The van der Waals surface area contributed by atoms with Crippen molar-refractivity contribution in [1.29, 1.82) is 0 Å². The van der Waals surface area contributed by atoms with Crippen LogP contribution in [0.25, 0.3) is 0 Å². The van der Waals surface area contributed by atoms with Crippen LogP contribution >= 0.6 is 11.3 Å². The molecule has 0 saturated carbocycles. The molecule has 0 spiro atoms. The molecule has 0 saturated heterocycles. The van der Waals surface area contributed by atoms with Gasteiger partial charge in [0.2, 0.25) is 6.54 Å². The summed E-state index contributed by atoms with van der Waals surface area (Å²) in [5, 5.41) is 3.01. The van der Waals surface area contributed by atoms with Crippen molar-refractivity contribution in [2.75, 3.05) is 18.5 Å². The van der Waals surface area contributed by atoms with E-state index in [1.165, 1.54) is 11.6 Å². The van der Waals surface area contributed by atoms with Crippen molar-refractivity contribution < 1.29 is 28.4 Å². The van der Waals surface area contributed by atoms with E-state index in [4.69, 9.17) is 9.47 Å². The van der Waals surface area contributed by atoms with Gasteiger partial charge in [0.1, 0.15) is 16.5 Å². The number of esters is 2. The van der Waals surface area contributed by atoms with Crippen LogP contribution in [0.5, 0.6) is 0 Å². The molecule has 1 aromatic carbocycles. The van der Waals surface area contributed by atoms with E-state index in [1.807, 2.05) is 42.7 Å². The average molecular weight is 480 g/mol. The number of aromatic nitrogens is 1. The Kier molecular flexibility index (Phi) is 8.70. The van der Waals surface area contributed by atoms with Gasteiger partial charge in [-0.25, -0.2) is 9.59 Å². The topological polar surface area (TPSA) is 85.6 Å². The molecule has 8 heteroatoms. The van der Waals surface area contributed by atoms with E-state index >= 15 is 0 Å². The molecule has 1 N–H and O–H groups in total. The zero-order chi connectivity index (χ0) is 24.5. The standard InChI is InChI=1S/C26H26N2O5S/c1-4-15-33-26(31)23-18(3)22(25(30)32-5-2)24(34-23)27-21(29)17-28-13-11-20(12-14-28)16-19-9-7-6-8-10-19/h4,6-14H,1,5,15-17H2,2-3H3/p+1. The van der Waals surface area contributed by atoms with Crippen LogP contribution in [0.4, 0.5) is 5.00 Å². The molecule has 0 aliphatic carbocycles. The molecule has 34 heavy (non-hydrogen) atoms. The molecule has 1 amide bonds. The van der Waals surface area contributed by atoms with Crippen LogP contribution in [-0.4, -0.2) is 31.1 Å². The van der Waals surface area contributed by atoms with Crippen LogP contribution in [-0.2, 0) is 27.2 Å². The van der Waals surface area contributed by atoms with Gasteiger partial charge in [0.25, 0.3) is 5.91 Å². The van der Waals surface area contributed by atoms with Crippen molar-refractivity contribution in [3.05, 3.63) is 94.6 Å². The second kappa shape index (κ2) is 11.9. The van der Waals surface area contributed by atoms with Gasteiger partial charge in [-0.15, -0.1) is 11.3 Å². The van der Waals surface area contributed by atoms with Gasteiger partial charge in [-0.2, -0.15) is 4.57 Å². The molecule has 0 radical (unpaired) electrons. The van der Waals surface area contributed by atoms with Crippen LogP contribution in [0.2, 0.25) is 0 Å². The predicted molar refractivity (Wildman–Crippen MR) is 130 cm³/mol. The summed E-state index contributed by atoms with van der Waals surface area (Å²) in [7, 11) is 0. The summed E-state index contributed by atoms with van der Waals surface area (Å²) >= 11 is 0.991. The summed E-state index contributed by atoms with van der Waals surface area (Å²) in [5.41, 5.74) is 2.91. The summed E-state index contributed by atoms with van der Waals surface area (Å²) in [6, 6.07) is 14.1. The summed E-state index contributed by atoms with van der Waals surface area (Å²) in [6.45, 7) is 7.10. The number of carbonyl (C=O) groups is 3. The Hall–Kier alpha value is -3.78. The SMILES string of the molecule is C=CCOC(=O)c1sc(NC(=O)C[n+]2ccc(Cc3ccccc3)cc2)c(C(=O)OCC)c1C. The largest absolute Gasteiger partial charge is 0.462 e. The fraction of sp³-hybridized carbons (Fsp3) is 0.231. The lowest BCUT2D eigenvalue weighted by molar-refractivity contribution is -0.684. The molecule has 176 valence electrons. The Balaban J connectivity index is 1.73. The summed E-state index contributed by atoms with van der Waals surface area (Å²) in [4.78, 5) is 37.9. The molecule has 2 aromatic heterocycles. The molecular formula is C26H27N2O5S+. The number of carbonyl (C=O) groups excluding carboxylic acids is 3. The van der Waals surface area contributed by atoms with E-state index in [9.17, 15) is 14.4 Å². The third-order valence-electron chi connectivity index (χ3n) is 4.93. The van der Waals surface area contributed by atoms with Crippen LogP contribution in [0.15, 0.2) is 67.5 Å². The molecule has 2 heterocycles. The highest BCUT2D eigenvalue weighted by Crippen LogP contribution is 2.34. The number of benzene rings is 1. The quantitative estimate of drug-likeness (QED) is 0.269. The molecule has 0 unspecified atom stereocenters. The number of ether oxygens (including phenoxy) is 2. The van der Waals surface area contributed by atoms with E-state index in [0.717, 1.165) is 23.3 Å². The summed E-state index contributed by atoms with van der Waals surface area (Å²) in [5.74, 6) is -1.53. The Morgan fingerprint density at radius 2 is 1.71 bits per heavy atom. The molecule has 3 rings (SSSR count). The minimum absolute atomic E-state index is 0.0427. The second-order valence-electron chi connectivity index (χ2n) is 7.46. The Morgan fingerprint density at radius 3 is 2.35 bits per heavy atom. The number of nitrogens with zero attached hydrogens (tertiary/aromatic N) is 1. The third-order valence-corrected chi connectivity index (χ3v) is 6.12. The number of thiophene rings is 1. The van der Waals surface area contributed by atoms with E-state index in [-0.39, 0.29) is 41.1 Å². The highest BCUT2D eigenvalue weighted by molar-refractivity contribution is 7.18. The van der Waals surface area contributed by atoms with Crippen molar-refractivity contribution >= 4 is 34.2 Å². The Morgan fingerprint density at radius 1 is 1.03 bits per heavy atom. The molecule has 0 bridgehead atoms. The fourth-order valence-corrected chi connectivity index (χ4v) is 4.43. The number of pyridine rings is 1. The molecule has 0 aliphatic rings. The lowest BCUT2D eigenvalue weighted by Crippen LogP contribution is -2.39. The highest BCUT2D eigenvalue weighted by atomic mass is 32.1. The van der Waals surface area contributed by atoms with E-state index in [2.05, 4.69) is 24.0 Å². The number of nitrogens with one attached hydrogen (secondary N) is 1. The first-order chi connectivity index (χ1) is 16.4. The van der Waals surface area contributed by atoms with Crippen molar-refractivity contribution in [3.8, 4) is 0 Å². The molecule has 0 fully saturated rings. The second-order valence-corrected chi connectivity index (χ2v) is 8.48. The monoisotopic (exact) mass is 479 g/mol. The maximum Gasteiger partial charge on any atom is 0.348 e. The predicted octanol–water partition coefficient (Wildman–Crippen LogP) is 4.09. The highest BCUT2D eigenvalue weighted by Gasteiger charge is 2.27. The van der Waals surface area contributed by atoms with Gasteiger partial charge in [0.05, 0.1) is 12.2 Å². The minimum atomic E-state index is -0.604. The lowest BCUT2D eigenvalue weighted by atomic mass is 10.1. The first-order valence-corrected chi connectivity index (χ1v) is 11.6. The molecule has 3 aromatic rings. The van der Waals surface area contributed by atoms with Crippen molar-refractivity contribution in [3.63, 3.8) is 0 Å². The first-order valence-electron chi connectivity index (χ1n) is 10.8. The average Bonchev–Trinajstić information content (AvgIpc) is 3.15. The van der Waals surface area contributed by atoms with Gasteiger partial charge in [-0.3, -0.25) is 4.79 Å². The van der Waals surface area contributed by atoms with Crippen molar-refractivity contribution in [1.82, 2.24) is 0 Å². The third kappa shape index (κ3) is 6.39. The number of hydrogen-bond donors (Lipinski definition) is 1. The maximum absolute atomic E-state index is 12.7. The smallest absolute Gasteiger partial charge is 0.348 e. The molecular weight excluding hydrogens is 452 g/mol. The van der Waals surface area contributed by atoms with Crippen LogP contribution in [0, 0.1) is 6.92 Å². The number of hydrogen-bond acceptors (Lipinski definition) is 6. The Labute approximate surface area is 202 Å². The van der Waals surface area contributed by atoms with Gasteiger partial charge in [-0.05, 0) is 37.0 Å². The van der Waals surface area contributed by atoms with Crippen LogP contribution in [0.1, 0.15) is 43.6 Å². The van der Waals surface area contributed by atoms with E-state index < -0.39 is 11.9 Å². The van der Waals surface area contributed by atoms with Crippen molar-refractivity contribution in [2.45, 2.75) is 26.8 Å². The lowest BCUT2D eigenvalue weighted by Gasteiger charge is -2.06. The first kappa shape index (κ1) is 24.9. The zero-order valence-electron chi connectivity index (χ0n) is 19.2. The normalized spacial score (nSPS) is 10.4. The summed E-state index contributed by atoms with van der Waals surface area (Å²) < 4.78 is 12.0. The van der Waals surface area contributed by atoms with Crippen molar-refractivity contribution in [2.24, 2.45) is 0 Å². The van der Waals surface area contributed by atoms with Gasteiger partial charge >= 0.3 is 11.9 Å². The van der Waals surface area contributed by atoms with Gasteiger partial charge in [0.15, 0.2) is 12.4 Å². The number of amides is 1. The van der Waals surface area contributed by atoms with E-state index in [1.54, 1.807) is 18.4 Å². The molecule has 7 nitrogen and oxygen atoms in total. The zero-order valence-corrected chi connectivity index (χ0v) is 20.0. The van der Waals surface area contributed by atoms with Gasteiger partial charge in [0, 0.05) is 12.1 Å². The summed E-state index contributed by atoms with van der Waals surface area (Å²) in [6.07, 6.45) is 5.93. The van der Waals surface area contributed by atoms with Gasteiger partial charge in [-0.1, -0.05) is 43.0 Å². The fourth-order valence-electron chi connectivity index (χ4n) is 3.32. The maximum atomic E-state index is 12.7. The molecule has 0 aliphatic heterocycles. The number of anilines is 1. The van der Waals surface area contributed by atoms with Gasteiger partial charge < -0.3 is 14.8 Å². The minimum Gasteiger partial charge on any atom is -0.462 e. The Bertz CT molecular complexity index is 1170. The molecule has 0 atom stereocenters.